The maximum atomic E-state index is 2.34. The maximum absolute atomic E-state index is 2.34. The Morgan fingerprint density at radius 1 is 0.500 bits per heavy atom. The zero-order valence-electron chi connectivity index (χ0n) is 16.1. The van der Waals surface area contributed by atoms with Gasteiger partial charge in [-0.2, -0.15) is 0 Å². The fourth-order valence-electron chi connectivity index (χ4n) is 4.12. The van der Waals surface area contributed by atoms with E-state index < -0.39 is 0 Å². The third kappa shape index (κ3) is 2.70. The number of hydrogen-bond donors (Lipinski definition) is 0. The third-order valence-electron chi connectivity index (χ3n) is 5.43. The SMILES string of the molecule is CC(C)c1cccc2c(-c3cccc4ccccc34)ccc(C(C)C)c12. The Morgan fingerprint density at radius 3 is 1.85 bits per heavy atom. The predicted molar refractivity (Wildman–Crippen MR) is 115 cm³/mol. The van der Waals surface area contributed by atoms with Crippen LogP contribution in [0.15, 0.2) is 72.8 Å². The molecule has 0 spiro atoms. The van der Waals surface area contributed by atoms with Gasteiger partial charge in [-0.15, -0.1) is 0 Å². The second kappa shape index (κ2) is 6.61. The summed E-state index contributed by atoms with van der Waals surface area (Å²) in [4.78, 5) is 0. The summed E-state index contributed by atoms with van der Waals surface area (Å²) in [5.74, 6) is 1.03. The summed E-state index contributed by atoms with van der Waals surface area (Å²) in [6.45, 7) is 9.18. The molecule has 0 nitrogen and oxygen atoms in total. The van der Waals surface area contributed by atoms with Gasteiger partial charge in [0.2, 0.25) is 0 Å². The normalized spacial score (nSPS) is 11.8. The van der Waals surface area contributed by atoms with Crippen LogP contribution >= 0.6 is 0 Å². The average molecular weight is 338 g/mol. The molecule has 0 N–H and O–H groups in total. The van der Waals surface area contributed by atoms with Crippen LogP contribution in [0.25, 0.3) is 32.7 Å². The Bertz CT molecular complexity index is 1060. The molecule has 0 unspecified atom stereocenters. The lowest BCUT2D eigenvalue weighted by Crippen LogP contribution is -1.97. The predicted octanol–water partition coefficient (Wildman–Crippen LogP) is 7.91. The molecule has 0 saturated carbocycles. The van der Waals surface area contributed by atoms with Gasteiger partial charge in [-0.3, -0.25) is 0 Å². The van der Waals surface area contributed by atoms with Crippen LogP contribution in [-0.2, 0) is 0 Å². The van der Waals surface area contributed by atoms with Gasteiger partial charge >= 0.3 is 0 Å². The van der Waals surface area contributed by atoms with E-state index in [0.717, 1.165) is 0 Å². The fraction of sp³-hybridized carbons (Fsp3) is 0.231. The first-order valence-corrected chi connectivity index (χ1v) is 9.61. The van der Waals surface area contributed by atoms with Crippen LogP contribution < -0.4 is 0 Å². The Labute approximate surface area is 156 Å². The van der Waals surface area contributed by atoms with Gasteiger partial charge in [-0.1, -0.05) is 100 Å². The standard InChI is InChI=1S/C26H26/c1-17(2)20-12-8-14-25-24(16-15-21(18(3)4)26(20)25)23-13-7-10-19-9-5-6-11-22(19)23/h5-18H,1-4H3. The summed E-state index contributed by atoms with van der Waals surface area (Å²) in [6, 6.07) is 26.8. The number of rotatable bonds is 3. The Hall–Kier alpha value is -2.60. The molecule has 130 valence electrons. The monoisotopic (exact) mass is 338 g/mol. The summed E-state index contributed by atoms with van der Waals surface area (Å²) in [7, 11) is 0. The molecule has 0 saturated heterocycles. The average Bonchev–Trinajstić information content (AvgIpc) is 2.66. The van der Waals surface area contributed by atoms with Crippen LogP contribution in [0.5, 0.6) is 0 Å². The zero-order valence-corrected chi connectivity index (χ0v) is 16.1. The van der Waals surface area contributed by atoms with Gasteiger partial charge in [0.25, 0.3) is 0 Å². The van der Waals surface area contributed by atoms with Gasteiger partial charge in [0, 0.05) is 0 Å². The summed E-state index contributed by atoms with van der Waals surface area (Å²) in [6.07, 6.45) is 0. The highest BCUT2D eigenvalue weighted by atomic mass is 14.2. The van der Waals surface area contributed by atoms with Crippen LogP contribution in [0, 0.1) is 0 Å². The van der Waals surface area contributed by atoms with Crippen molar-refractivity contribution in [3.63, 3.8) is 0 Å². The van der Waals surface area contributed by atoms with Crippen LogP contribution in [0.3, 0.4) is 0 Å². The first-order valence-electron chi connectivity index (χ1n) is 9.61. The smallest absolute Gasteiger partial charge is 0.00989 e. The third-order valence-corrected chi connectivity index (χ3v) is 5.43. The highest BCUT2D eigenvalue weighted by Gasteiger charge is 2.16. The van der Waals surface area contributed by atoms with Crippen molar-refractivity contribution >= 4 is 21.5 Å². The molecular weight excluding hydrogens is 312 g/mol. The second-order valence-electron chi connectivity index (χ2n) is 7.81. The molecule has 4 aromatic rings. The van der Waals surface area contributed by atoms with Crippen LogP contribution in [0.1, 0.15) is 50.7 Å². The molecular formula is C26H26. The molecule has 0 aliphatic rings. The second-order valence-corrected chi connectivity index (χ2v) is 7.81. The first-order chi connectivity index (χ1) is 12.6. The Morgan fingerprint density at radius 2 is 1.08 bits per heavy atom. The van der Waals surface area contributed by atoms with E-state index in [-0.39, 0.29) is 0 Å². The lowest BCUT2D eigenvalue weighted by molar-refractivity contribution is 0.854. The molecule has 4 rings (SSSR count). The van der Waals surface area contributed by atoms with E-state index in [2.05, 4.69) is 100 Å². The highest BCUT2D eigenvalue weighted by molar-refractivity contribution is 6.07. The molecule has 0 fully saturated rings. The summed E-state index contributed by atoms with van der Waals surface area (Å²) in [5.41, 5.74) is 5.56. The van der Waals surface area contributed by atoms with Crippen molar-refractivity contribution in [1.29, 1.82) is 0 Å². The molecule has 4 aromatic carbocycles. The lowest BCUT2D eigenvalue weighted by Gasteiger charge is -2.19. The zero-order chi connectivity index (χ0) is 18.3. The highest BCUT2D eigenvalue weighted by Crippen LogP contribution is 2.39. The number of benzene rings is 4. The first kappa shape index (κ1) is 16.8. The topological polar surface area (TPSA) is 0 Å². The van der Waals surface area contributed by atoms with Crippen molar-refractivity contribution < 1.29 is 0 Å². The summed E-state index contributed by atoms with van der Waals surface area (Å²) >= 11 is 0. The molecule has 0 aliphatic carbocycles. The minimum absolute atomic E-state index is 0.513. The number of fused-ring (bicyclic) bond motifs is 2. The van der Waals surface area contributed by atoms with Crippen LogP contribution in [0.2, 0.25) is 0 Å². The van der Waals surface area contributed by atoms with E-state index in [1.165, 1.54) is 43.8 Å². The molecule has 0 heteroatoms. The Kier molecular flexibility index (Phi) is 4.28. The molecule has 0 amide bonds. The van der Waals surface area contributed by atoms with Crippen molar-refractivity contribution in [1.82, 2.24) is 0 Å². The van der Waals surface area contributed by atoms with Gasteiger partial charge in [0.15, 0.2) is 0 Å². The molecule has 26 heavy (non-hydrogen) atoms. The quantitative estimate of drug-likeness (QED) is 0.356. The van der Waals surface area contributed by atoms with Gasteiger partial charge in [0.1, 0.15) is 0 Å². The Balaban J connectivity index is 2.12. The molecule has 0 radical (unpaired) electrons. The summed E-state index contributed by atoms with van der Waals surface area (Å²) < 4.78 is 0. The van der Waals surface area contributed by atoms with Gasteiger partial charge in [-0.25, -0.2) is 0 Å². The molecule has 0 heterocycles. The molecule has 0 atom stereocenters. The maximum Gasteiger partial charge on any atom is -0.00989 e. The van der Waals surface area contributed by atoms with Crippen molar-refractivity contribution in [3.05, 3.63) is 83.9 Å². The lowest BCUT2D eigenvalue weighted by atomic mass is 9.85. The van der Waals surface area contributed by atoms with E-state index in [9.17, 15) is 0 Å². The van der Waals surface area contributed by atoms with E-state index in [1.54, 1.807) is 0 Å². The van der Waals surface area contributed by atoms with Gasteiger partial charge < -0.3 is 0 Å². The van der Waals surface area contributed by atoms with E-state index in [1.807, 2.05) is 0 Å². The van der Waals surface area contributed by atoms with Crippen LogP contribution in [0.4, 0.5) is 0 Å². The largest absolute Gasteiger partial charge is 0.0616 e. The fourth-order valence-corrected chi connectivity index (χ4v) is 4.12. The molecule has 0 aromatic heterocycles. The van der Waals surface area contributed by atoms with Gasteiger partial charge in [-0.05, 0) is 55.6 Å². The van der Waals surface area contributed by atoms with Crippen LogP contribution in [-0.4, -0.2) is 0 Å². The summed E-state index contributed by atoms with van der Waals surface area (Å²) in [5, 5.41) is 5.44. The minimum atomic E-state index is 0.513. The van der Waals surface area contributed by atoms with Crippen molar-refractivity contribution in [2.75, 3.05) is 0 Å². The minimum Gasteiger partial charge on any atom is -0.0616 e. The molecule has 0 aliphatic heterocycles. The van der Waals surface area contributed by atoms with E-state index >= 15 is 0 Å². The van der Waals surface area contributed by atoms with Crippen molar-refractivity contribution in [2.45, 2.75) is 39.5 Å². The van der Waals surface area contributed by atoms with E-state index in [0.29, 0.717) is 11.8 Å². The van der Waals surface area contributed by atoms with Crippen molar-refractivity contribution in [3.8, 4) is 11.1 Å². The van der Waals surface area contributed by atoms with Gasteiger partial charge in [0.05, 0.1) is 0 Å². The van der Waals surface area contributed by atoms with E-state index in [4.69, 9.17) is 0 Å². The molecule has 0 bridgehead atoms. The van der Waals surface area contributed by atoms with Crippen molar-refractivity contribution in [2.24, 2.45) is 0 Å². The number of hydrogen-bond acceptors (Lipinski definition) is 0.